The monoisotopic (exact) mass is 328 g/mol. The fourth-order valence-corrected chi connectivity index (χ4v) is 2.90. The van der Waals surface area contributed by atoms with E-state index in [4.69, 9.17) is 4.74 Å². The van der Waals surface area contributed by atoms with Crippen LogP contribution in [-0.2, 0) is 4.74 Å². The first-order valence-corrected chi connectivity index (χ1v) is 8.30. The minimum Gasteiger partial charge on any atom is -0.444 e. The van der Waals surface area contributed by atoms with Crippen molar-refractivity contribution in [3.8, 4) is 0 Å². The molecule has 128 valence electrons. The van der Waals surface area contributed by atoms with E-state index in [0.29, 0.717) is 6.54 Å². The summed E-state index contributed by atoms with van der Waals surface area (Å²) in [6.45, 7) is 9.09. The second-order valence-electron chi connectivity index (χ2n) is 7.20. The van der Waals surface area contributed by atoms with Crippen molar-refractivity contribution in [2.24, 2.45) is 0 Å². The van der Waals surface area contributed by atoms with Crippen LogP contribution in [0.1, 0.15) is 32.9 Å². The molecule has 0 saturated carbocycles. The van der Waals surface area contributed by atoms with Gasteiger partial charge in [-0.1, -0.05) is 18.2 Å². The molecule has 0 spiro atoms. The summed E-state index contributed by atoms with van der Waals surface area (Å²) in [5, 5.41) is 4.00. The van der Waals surface area contributed by atoms with Crippen LogP contribution in [0, 0.1) is 6.92 Å². The Balaban J connectivity index is 1.69. The minimum atomic E-state index is -0.485. The Morgan fingerprint density at radius 1 is 1.29 bits per heavy atom. The number of carbonyl (C=O) groups excluding carboxylic acids is 1. The number of hydrogen-bond donors (Lipinski definition) is 1. The largest absolute Gasteiger partial charge is 0.444 e. The van der Waals surface area contributed by atoms with Crippen LogP contribution in [-0.4, -0.2) is 40.8 Å². The third kappa shape index (κ3) is 3.75. The number of aryl methyl sites for hydroxylation is 1. The summed E-state index contributed by atoms with van der Waals surface area (Å²) in [4.78, 5) is 23.3. The van der Waals surface area contributed by atoms with Crippen molar-refractivity contribution >= 4 is 22.9 Å². The van der Waals surface area contributed by atoms with Crippen molar-refractivity contribution in [1.29, 1.82) is 0 Å². The molecule has 6 nitrogen and oxygen atoms in total. The lowest BCUT2D eigenvalue weighted by atomic mass is 10.2. The molecule has 1 N–H and O–H groups in total. The van der Waals surface area contributed by atoms with E-state index in [2.05, 4.69) is 20.2 Å². The molecule has 6 heteroatoms. The zero-order valence-electron chi connectivity index (χ0n) is 14.7. The third-order valence-electron chi connectivity index (χ3n) is 3.97. The van der Waals surface area contributed by atoms with E-state index >= 15 is 0 Å². The van der Waals surface area contributed by atoms with Gasteiger partial charge >= 0.3 is 6.09 Å². The molecule has 0 aliphatic carbocycles. The number of nitrogens with one attached hydrogen (secondary N) is 1. The minimum absolute atomic E-state index is 0.0511. The van der Waals surface area contributed by atoms with Crippen LogP contribution in [0.4, 0.5) is 10.7 Å². The number of alkyl carbamates (subject to hydrolysis) is 1. The average Bonchev–Trinajstić information content (AvgIpc) is 2.93. The highest BCUT2D eigenvalue weighted by Crippen LogP contribution is 2.22. The van der Waals surface area contributed by atoms with Gasteiger partial charge in [0.1, 0.15) is 5.60 Å². The SMILES string of the molecule is Cc1nc(N2CCC(NC(=O)OC(C)(C)C)C2)nc2ccccc12. The summed E-state index contributed by atoms with van der Waals surface area (Å²) in [6, 6.07) is 8.06. The number of benzene rings is 1. The summed E-state index contributed by atoms with van der Waals surface area (Å²) in [5.74, 6) is 0.722. The van der Waals surface area contributed by atoms with Gasteiger partial charge in [0.05, 0.1) is 17.3 Å². The highest BCUT2D eigenvalue weighted by molar-refractivity contribution is 5.81. The number of para-hydroxylation sites is 1. The molecule has 1 aromatic carbocycles. The maximum Gasteiger partial charge on any atom is 0.407 e. The van der Waals surface area contributed by atoms with Crippen molar-refractivity contribution in [2.45, 2.75) is 45.8 Å². The number of fused-ring (bicyclic) bond motifs is 1. The van der Waals surface area contributed by atoms with E-state index < -0.39 is 5.60 Å². The van der Waals surface area contributed by atoms with Gasteiger partial charge in [-0.05, 0) is 40.2 Å². The normalized spacial score (nSPS) is 18.0. The van der Waals surface area contributed by atoms with Gasteiger partial charge in [-0.2, -0.15) is 0 Å². The van der Waals surface area contributed by atoms with E-state index in [1.807, 2.05) is 52.0 Å². The Kier molecular flexibility index (Phi) is 4.30. The number of hydrogen-bond acceptors (Lipinski definition) is 5. The zero-order chi connectivity index (χ0) is 17.3. The maximum atomic E-state index is 11.9. The number of anilines is 1. The number of nitrogens with zero attached hydrogens (tertiary/aromatic N) is 3. The first-order chi connectivity index (χ1) is 11.3. The molecule has 1 aliphatic rings. The van der Waals surface area contributed by atoms with Gasteiger partial charge in [-0.3, -0.25) is 0 Å². The molecule has 1 aromatic heterocycles. The van der Waals surface area contributed by atoms with E-state index in [0.717, 1.165) is 35.5 Å². The zero-order valence-corrected chi connectivity index (χ0v) is 14.7. The van der Waals surface area contributed by atoms with Crippen LogP contribution >= 0.6 is 0 Å². The molecular weight excluding hydrogens is 304 g/mol. The van der Waals surface area contributed by atoms with E-state index in [9.17, 15) is 4.79 Å². The fourth-order valence-electron chi connectivity index (χ4n) is 2.90. The van der Waals surface area contributed by atoms with Gasteiger partial charge in [0.25, 0.3) is 0 Å². The summed E-state index contributed by atoms with van der Waals surface area (Å²) in [7, 11) is 0. The number of ether oxygens (including phenoxy) is 1. The predicted molar refractivity (Wildman–Crippen MR) is 94.3 cm³/mol. The van der Waals surface area contributed by atoms with Crippen molar-refractivity contribution < 1.29 is 9.53 Å². The highest BCUT2D eigenvalue weighted by atomic mass is 16.6. The lowest BCUT2D eigenvalue weighted by molar-refractivity contribution is 0.0509. The Morgan fingerprint density at radius 2 is 2.04 bits per heavy atom. The molecule has 1 fully saturated rings. The fraction of sp³-hybridized carbons (Fsp3) is 0.500. The molecule has 2 heterocycles. The molecule has 1 atom stereocenters. The summed E-state index contributed by atoms with van der Waals surface area (Å²) in [6.07, 6.45) is 0.485. The Hall–Kier alpha value is -2.37. The standard InChI is InChI=1S/C18H24N4O2/c1-12-14-7-5-6-8-15(14)21-16(19-12)22-10-9-13(11-22)20-17(23)24-18(2,3)4/h5-8,13H,9-11H2,1-4H3,(H,20,23). The van der Waals surface area contributed by atoms with E-state index in [1.54, 1.807) is 0 Å². The van der Waals surface area contributed by atoms with Gasteiger partial charge in [0.15, 0.2) is 0 Å². The van der Waals surface area contributed by atoms with Crippen LogP contribution in [0.15, 0.2) is 24.3 Å². The Morgan fingerprint density at radius 3 is 2.79 bits per heavy atom. The van der Waals surface area contributed by atoms with Crippen LogP contribution in [0.3, 0.4) is 0 Å². The molecule has 1 aliphatic heterocycles. The van der Waals surface area contributed by atoms with Gasteiger partial charge in [-0.15, -0.1) is 0 Å². The van der Waals surface area contributed by atoms with Crippen molar-refractivity contribution in [3.63, 3.8) is 0 Å². The van der Waals surface area contributed by atoms with Crippen molar-refractivity contribution in [1.82, 2.24) is 15.3 Å². The first kappa shape index (κ1) is 16.5. The number of rotatable bonds is 2. The van der Waals surface area contributed by atoms with Gasteiger partial charge in [0, 0.05) is 18.5 Å². The molecule has 0 radical (unpaired) electrons. The molecule has 24 heavy (non-hydrogen) atoms. The summed E-state index contributed by atoms with van der Waals surface area (Å²) >= 11 is 0. The van der Waals surface area contributed by atoms with Gasteiger partial charge in [0.2, 0.25) is 5.95 Å². The van der Waals surface area contributed by atoms with Crippen LogP contribution in [0.2, 0.25) is 0 Å². The van der Waals surface area contributed by atoms with Gasteiger partial charge in [-0.25, -0.2) is 14.8 Å². The average molecular weight is 328 g/mol. The predicted octanol–water partition coefficient (Wildman–Crippen LogP) is 3.04. The molecule has 0 bridgehead atoms. The molecule has 1 saturated heterocycles. The number of aromatic nitrogens is 2. The van der Waals surface area contributed by atoms with Crippen molar-refractivity contribution in [3.05, 3.63) is 30.0 Å². The number of amides is 1. The van der Waals surface area contributed by atoms with Gasteiger partial charge < -0.3 is 15.0 Å². The molecule has 2 aromatic rings. The summed E-state index contributed by atoms with van der Waals surface area (Å²) < 4.78 is 5.32. The highest BCUT2D eigenvalue weighted by Gasteiger charge is 2.27. The number of carbonyl (C=O) groups is 1. The molecule has 1 amide bonds. The quantitative estimate of drug-likeness (QED) is 0.918. The van der Waals surface area contributed by atoms with Crippen LogP contribution < -0.4 is 10.2 Å². The molecule has 1 unspecified atom stereocenters. The lowest BCUT2D eigenvalue weighted by Crippen LogP contribution is -2.40. The lowest BCUT2D eigenvalue weighted by Gasteiger charge is -2.22. The topological polar surface area (TPSA) is 67.4 Å². The van der Waals surface area contributed by atoms with E-state index in [-0.39, 0.29) is 12.1 Å². The van der Waals surface area contributed by atoms with Crippen molar-refractivity contribution in [2.75, 3.05) is 18.0 Å². The van der Waals surface area contributed by atoms with Crippen LogP contribution in [0.5, 0.6) is 0 Å². The maximum absolute atomic E-state index is 11.9. The summed E-state index contributed by atoms with van der Waals surface area (Å²) in [5.41, 5.74) is 1.43. The smallest absolute Gasteiger partial charge is 0.407 e. The third-order valence-corrected chi connectivity index (χ3v) is 3.97. The molecule has 3 rings (SSSR count). The second kappa shape index (κ2) is 6.26. The Bertz CT molecular complexity index is 754. The van der Waals surface area contributed by atoms with Crippen LogP contribution in [0.25, 0.3) is 10.9 Å². The first-order valence-electron chi connectivity index (χ1n) is 8.30. The second-order valence-corrected chi connectivity index (χ2v) is 7.20. The Labute approximate surface area is 142 Å². The molecular formula is C18H24N4O2. The van der Waals surface area contributed by atoms with E-state index in [1.165, 1.54) is 0 Å².